The van der Waals surface area contributed by atoms with Gasteiger partial charge in [-0.25, -0.2) is 4.39 Å². The molecule has 0 aliphatic carbocycles. The molecule has 2 aromatic rings. The van der Waals surface area contributed by atoms with Crippen LogP contribution in [0.2, 0.25) is 0 Å². The Morgan fingerprint density at radius 2 is 1.71 bits per heavy atom. The summed E-state index contributed by atoms with van der Waals surface area (Å²) in [5.74, 6) is -0.272. The molecule has 0 atom stereocenters. The fraction of sp³-hybridized carbons (Fsp3) is 0.0714. The van der Waals surface area contributed by atoms with Crippen LogP contribution in [0.4, 0.5) is 15.8 Å². The van der Waals surface area contributed by atoms with Crippen LogP contribution in [0.3, 0.4) is 0 Å². The van der Waals surface area contributed by atoms with E-state index < -0.39 is 0 Å². The van der Waals surface area contributed by atoms with Crippen molar-refractivity contribution in [1.29, 1.82) is 0 Å². The van der Waals surface area contributed by atoms with Gasteiger partial charge in [0, 0.05) is 5.69 Å². The molecule has 0 saturated heterocycles. The molecule has 0 N–H and O–H groups in total. The Hall–Kier alpha value is -2.16. The van der Waals surface area contributed by atoms with E-state index in [2.05, 4.69) is 0 Å². The zero-order valence-electron chi connectivity index (χ0n) is 9.06. The molecule has 2 nitrogen and oxygen atoms in total. The average molecular weight is 227 g/mol. The summed E-state index contributed by atoms with van der Waals surface area (Å²) in [5.41, 5.74) is 2.62. The van der Waals surface area contributed by atoms with Gasteiger partial charge in [-0.3, -0.25) is 9.69 Å². The van der Waals surface area contributed by atoms with Crippen LogP contribution in [0.25, 0.3) is 0 Å². The molecule has 0 spiro atoms. The zero-order chi connectivity index (χ0) is 11.8. The summed E-state index contributed by atoms with van der Waals surface area (Å²) in [4.78, 5) is 13.6. The first-order chi connectivity index (χ1) is 8.25. The summed E-state index contributed by atoms with van der Waals surface area (Å²) in [5, 5.41) is 0. The number of anilines is 2. The van der Waals surface area contributed by atoms with Gasteiger partial charge in [0.15, 0.2) is 0 Å². The van der Waals surface area contributed by atoms with Crippen LogP contribution in [0.1, 0.15) is 5.56 Å². The summed E-state index contributed by atoms with van der Waals surface area (Å²) in [6.45, 7) is 0. The number of rotatable bonds is 1. The number of para-hydroxylation sites is 1. The molecule has 0 bridgehead atoms. The van der Waals surface area contributed by atoms with Gasteiger partial charge in [-0.15, -0.1) is 0 Å². The Morgan fingerprint density at radius 3 is 2.47 bits per heavy atom. The lowest BCUT2D eigenvalue weighted by molar-refractivity contribution is -0.116. The number of halogens is 1. The summed E-state index contributed by atoms with van der Waals surface area (Å²) >= 11 is 0. The first-order valence-electron chi connectivity index (χ1n) is 5.42. The van der Waals surface area contributed by atoms with Crippen molar-refractivity contribution in [1.82, 2.24) is 0 Å². The number of benzene rings is 2. The maximum atomic E-state index is 12.9. The molecular weight excluding hydrogens is 217 g/mol. The Morgan fingerprint density at radius 1 is 1.00 bits per heavy atom. The molecule has 1 aliphatic rings. The minimum Gasteiger partial charge on any atom is -0.280 e. The molecule has 3 rings (SSSR count). The standard InChI is InChI=1S/C14H10FNO/c15-11-5-7-12(8-6-11)16-13-4-2-1-3-10(13)9-14(16)17/h1-8H,9H2. The lowest BCUT2D eigenvalue weighted by atomic mass is 10.2. The third-order valence-corrected chi connectivity index (χ3v) is 2.91. The van der Waals surface area contributed by atoms with Crippen LogP contribution in [0.5, 0.6) is 0 Å². The van der Waals surface area contributed by atoms with Crippen LogP contribution in [-0.4, -0.2) is 5.91 Å². The van der Waals surface area contributed by atoms with Gasteiger partial charge in [0.05, 0.1) is 12.1 Å². The normalized spacial score (nSPS) is 13.9. The van der Waals surface area contributed by atoms with Crippen LogP contribution in [-0.2, 0) is 11.2 Å². The molecule has 1 aliphatic heterocycles. The predicted octanol–water partition coefficient (Wildman–Crippen LogP) is 3.05. The lowest BCUT2D eigenvalue weighted by Gasteiger charge is -2.17. The number of fused-ring (bicyclic) bond motifs is 1. The summed E-state index contributed by atoms with van der Waals surface area (Å²) in [6.07, 6.45) is 0.410. The van der Waals surface area contributed by atoms with Crippen molar-refractivity contribution in [2.75, 3.05) is 4.90 Å². The van der Waals surface area contributed by atoms with Gasteiger partial charge in [0.2, 0.25) is 5.91 Å². The smallest absolute Gasteiger partial charge is 0.236 e. The van der Waals surface area contributed by atoms with E-state index in [1.54, 1.807) is 17.0 Å². The van der Waals surface area contributed by atoms with E-state index in [1.807, 2.05) is 24.3 Å². The molecule has 0 unspecified atom stereocenters. The second kappa shape index (κ2) is 3.70. The van der Waals surface area contributed by atoms with Gasteiger partial charge in [-0.05, 0) is 35.9 Å². The predicted molar refractivity (Wildman–Crippen MR) is 63.7 cm³/mol. The van der Waals surface area contributed by atoms with E-state index in [4.69, 9.17) is 0 Å². The van der Waals surface area contributed by atoms with Crippen molar-refractivity contribution >= 4 is 17.3 Å². The number of nitrogens with zero attached hydrogens (tertiary/aromatic N) is 1. The molecule has 0 saturated carbocycles. The zero-order valence-corrected chi connectivity index (χ0v) is 9.06. The molecular formula is C14H10FNO. The molecule has 1 heterocycles. The Labute approximate surface area is 98.3 Å². The van der Waals surface area contributed by atoms with E-state index in [0.29, 0.717) is 12.1 Å². The first-order valence-corrected chi connectivity index (χ1v) is 5.42. The quantitative estimate of drug-likeness (QED) is 0.733. The fourth-order valence-electron chi connectivity index (χ4n) is 2.13. The van der Waals surface area contributed by atoms with Gasteiger partial charge in [0.1, 0.15) is 5.82 Å². The fourth-order valence-corrected chi connectivity index (χ4v) is 2.13. The Balaban J connectivity index is 2.09. The number of carbonyl (C=O) groups excluding carboxylic acids is 1. The lowest BCUT2D eigenvalue weighted by Crippen LogP contribution is -2.20. The summed E-state index contributed by atoms with van der Waals surface area (Å²) < 4.78 is 12.9. The largest absolute Gasteiger partial charge is 0.280 e. The minimum atomic E-state index is -0.298. The van der Waals surface area contributed by atoms with E-state index in [0.717, 1.165) is 11.3 Å². The van der Waals surface area contributed by atoms with E-state index in [9.17, 15) is 9.18 Å². The van der Waals surface area contributed by atoms with E-state index in [-0.39, 0.29) is 11.7 Å². The molecule has 2 aromatic carbocycles. The molecule has 0 fully saturated rings. The van der Waals surface area contributed by atoms with Crippen molar-refractivity contribution in [3.05, 3.63) is 59.9 Å². The van der Waals surface area contributed by atoms with E-state index in [1.165, 1.54) is 12.1 Å². The highest BCUT2D eigenvalue weighted by Gasteiger charge is 2.27. The van der Waals surface area contributed by atoms with Gasteiger partial charge < -0.3 is 0 Å². The third kappa shape index (κ3) is 1.60. The van der Waals surface area contributed by atoms with Crippen LogP contribution >= 0.6 is 0 Å². The molecule has 84 valence electrons. The minimum absolute atomic E-state index is 0.0257. The first kappa shape index (κ1) is 10.0. The number of carbonyl (C=O) groups is 1. The number of hydrogen-bond donors (Lipinski definition) is 0. The van der Waals surface area contributed by atoms with Gasteiger partial charge in [-0.2, -0.15) is 0 Å². The molecule has 0 radical (unpaired) electrons. The topological polar surface area (TPSA) is 20.3 Å². The van der Waals surface area contributed by atoms with Crippen LogP contribution in [0, 0.1) is 5.82 Å². The van der Waals surface area contributed by atoms with Crippen LogP contribution < -0.4 is 4.90 Å². The monoisotopic (exact) mass is 227 g/mol. The Bertz CT molecular complexity index is 577. The number of amides is 1. The van der Waals surface area contributed by atoms with Gasteiger partial charge in [0.25, 0.3) is 0 Å². The SMILES string of the molecule is O=C1Cc2ccccc2N1c1ccc(F)cc1. The average Bonchev–Trinajstić information content (AvgIpc) is 2.66. The van der Waals surface area contributed by atoms with Crippen molar-refractivity contribution < 1.29 is 9.18 Å². The number of hydrogen-bond acceptors (Lipinski definition) is 1. The maximum Gasteiger partial charge on any atom is 0.236 e. The van der Waals surface area contributed by atoms with Gasteiger partial charge >= 0.3 is 0 Å². The Kier molecular flexibility index (Phi) is 2.18. The third-order valence-electron chi connectivity index (χ3n) is 2.91. The van der Waals surface area contributed by atoms with Gasteiger partial charge in [-0.1, -0.05) is 18.2 Å². The summed E-state index contributed by atoms with van der Waals surface area (Å²) in [7, 11) is 0. The van der Waals surface area contributed by atoms with Crippen molar-refractivity contribution in [2.45, 2.75) is 6.42 Å². The van der Waals surface area contributed by atoms with Crippen molar-refractivity contribution in [3.8, 4) is 0 Å². The van der Waals surface area contributed by atoms with Crippen LogP contribution in [0.15, 0.2) is 48.5 Å². The second-order valence-corrected chi connectivity index (χ2v) is 4.01. The second-order valence-electron chi connectivity index (χ2n) is 4.01. The molecule has 17 heavy (non-hydrogen) atoms. The molecule has 3 heteroatoms. The molecule has 1 amide bonds. The van der Waals surface area contributed by atoms with Crippen molar-refractivity contribution in [2.24, 2.45) is 0 Å². The highest BCUT2D eigenvalue weighted by Crippen LogP contribution is 2.34. The highest BCUT2D eigenvalue weighted by molar-refractivity contribution is 6.07. The summed E-state index contributed by atoms with van der Waals surface area (Å²) in [6, 6.07) is 13.6. The molecule has 0 aromatic heterocycles. The van der Waals surface area contributed by atoms with Crippen molar-refractivity contribution in [3.63, 3.8) is 0 Å². The van der Waals surface area contributed by atoms with E-state index >= 15 is 0 Å². The highest BCUT2D eigenvalue weighted by atomic mass is 19.1. The maximum absolute atomic E-state index is 12.9.